The molecule has 0 bridgehead atoms. The van der Waals surface area contributed by atoms with Crippen molar-refractivity contribution in [2.24, 2.45) is 5.73 Å². The highest BCUT2D eigenvalue weighted by Gasteiger charge is 2.36. The van der Waals surface area contributed by atoms with Crippen molar-refractivity contribution in [1.82, 2.24) is 19.7 Å². The molecule has 7 heteroatoms. The molecule has 6 nitrogen and oxygen atoms in total. The van der Waals surface area contributed by atoms with E-state index in [0.717, 1.165) is 36.9 Å². The molecular formula is C16H18ClN5O. The third-order valence-corrected chi connectivity index (χ3v) is 4.26. The first-order valence-corrected chi connectivity index (χ1v) is 7.46. The number of hydrogen-bond donors (Lipinski definition) is 1. The van der Waals surface area contributed by atoms with Gasteiger partial charge >= 0.3 is 0 Å². The molecule has 0 saturated heterocycles. The number of aromatic nitrogens is 4. The molecule has 2 heterocycles. The van der Waals surface area contributed by atoms with Gasteiger partial charge in [0.1, 0.15) is 0 Å². The van der Waals surface area contributed by atoms with Crippen LogP contribution in [0.4, 0.5) is 0 Å². The molecule has 3 aromatic rings. The van der Waals surface area contributed by atoms with Gasteiger partial charge in [-0.15, -0.1) is 12.4 Å². The first kappa shape index (κ1) is 15.7. The van der Waals surface area contributed by atoms with Crippen molar-refractivity contribution in [1.29, 1.82) is 0 Å². The van der Waals surface area contributed by atoms with Crippen molar-refractivity contribution < 1.29 is 4.52 Å². The molecule has 0 radical (unpaired) electrons. The maximum absolute atomic E-state index is 6.38. The van der Waals surface area contributed by atoms with Gasteiger partial charge in [-0.3, -0.25) is 0 Å². The fourth-order valence-electron chi connectivity index (χ4n) is 2.98. The molecule has 1 aliphatic carbocycles. The number of halogens is 1. The number of benzene rings is 1. The van der Waals surface area contributed by atoms with Crippen LogP contribution < -0.4 is 5.73 Å². The van der Waals surface area contributed by atoms with Crippen molar-refractivity contribution in [2.75, 3.05) is 0 Å². The summed E-state index contributed by atoms with van der Waals surface area (Å²) < 4.78 is 7.37. The quantitative estimate of drug-likeness (QED) is 0.797. The zero-order chi connectivity index (χ0) is 15.0. The lowest BCUT2D eigenvalue weighted by atomic mass is 9.99. The second kappa shape index (κ2) is 6.14. The zero-order valence-electron chi connectivity index (χ0n) is 12.6. The highest BCUT2D eigenvalue weighted by atomic mass is 35.5. The lowest BCUT2D eigenvalue weighted by molar-refractivity contribution is 0.372. The first-order valence-electron chi connectivity index (χ1n) is 7.46. The fourth-order valence-corrected chi connectivity index (χ4v) is 2.98. The van der Waals surface area contributed by atoms with E-state index >= 15 is 0 Å². The maximum atomic E-state index is 6.38. The minimum absolute atomic E-state index is 0. The summed E-state index contributed by atoms with van der Waals surface area (Å²) in [4.78, 5) is 8.59. The van der Waals surface area contributed by atoms with E-state index in [-0.39, 0.29) is 12.4 Å². The van der Waals surface area contributed by atoms with Crippen molar-refractivity contribution in [3.8, 4) is 17.1 Å². The molecule has 23 heavy (non-hydrogen) atoms. The van der Waals surface area contributed by atoms with Crippen LogP contribution in [0.1, 0.15) is 31.5 Å². The van der Waals surface area contributed by atoms with Crippen LogP contribution in [0.25, 0.3) is 17.1 Å². The van der Waals surface area contributed by atoms with Crippen LogP contribution in [-0.4, -0.2) is 19.7 Å². The second-order valence-corrected chi connectivity index (χ2v) is 5.81. The van der Waals surface area contributed by atoms with Gasteiger partial charge < -0.3 is 14.8 Å². The van der Waals surface area contributed by atoms with E-state index < -0.39 is 5.54 Å². The molecule has 1 saturated carbocycles. The lowest BCUT2D eigenvalue weighted by Crippen LogP contribution is -2.34. The van der Waals surface area contributed by atoms with Gasteiger partial charge in [-0.25, -0.2) is 4.98 Å². The summed E-state index contributed by atoms with van der Waals surface area (Å²) in [5.74, 6) is 1.13. The second-order valence-electron chi connectivity index (χ2n) is 5.81. The fraction of sp³-hybridized carbons (Fsp3) is 0.312. The monoisotopic (exact) mass is 331 g/mol. The standard InChI is InChI=1S/C16H17N5O.ClH/c17-16(6-1-2-7-16)15-19-14(22-20-15)12-4-3-5-13(10-12)21-9-8-18-11-21;/h3-5,8-11H,1-2,6-7,17H2;1H. The Morgan fingerprint density at radius 3 is 2.78 bits per heavy atom. The van der Waals surface area contributed by atoms with E-state index in [1.54, 1.807) is 12.5 Å². The molecule has 0 atom stereocenters. The Labute approximate surface area is 140 Å². The van der Waals surface area contributed by atoms with Crippen molar-refractivity contribution in [3.05, 3.63) is 48.8 Å². The third kappa shape index (κ3) is 2.87. The van der Waals surface area contributed by atoms with Gasteiger partial charge in [0.25, 0.3) is 5.89 Å². The van der Waals surface area contributed by atoms with E-state index in [2.05, 4.69) is 15.1 Å². The number of hydrogen-bond acceptors (Lipinski definition) is 5. The molecular weight excluding hydrogens is 314 g/mol. The van der Waals surface area contributed by atoms with Gasteiger partial charge in [0, 0.05) is 23.6 Å². The van der Waals surface area contributed by atoms with Crippen LogP contribution >= 0.6 is 12.4 Å². The molecule has 2 aromatic heterocycles. The summed E-state index contributed by atoms with van der Waals surface area (Å²) >= 11 is 0. The van der Waals surface area contributed by atoms with Gasteiger partial charge in [0.2, 0.25) is 0 Å². The van der Waals surface area contributed by atoms with E-state index in [1.165, 1.54) is 0 Å². The smallest absolute Gasteiger partial charge is 0.258 e. The molecule has 1 fully saturated rings. The normalized spacial score (nSPS) is 16.2. The van der Waals surface area contributed by atoms with E-state index in [4.69, 9.17) is 10.3 Å². The predicted molar refractivity (Wildman–Crippen MR) is 88.4 cm³/mol. The molecule has 2 N–H and O–H groups in total. The number of imidazole rings is 1. The molecule has 0 amide bonds. The predicted octanol–water partition coefficient (Wildman–Crippen LogP) is 3.07. The minimum atomic E-state index is -0.427. The van der Waals surface area contributed by atoms with E-state index in [0.29, 0.717) is 11.7 Å². The molecule has 0 aliphatic heterocycles. The number of nitrogens with two attached hydrogens (primary N) is 1. The molecule has 1 aromatic carbocycles. The van der Waals surface area contributed by atoms with Gasteiger partial charge in [-0.05, 0) is 31.0 Å². The van der Waals surface area contributed by atoms with Crippen LogP contribution in [0.15, 0.2) is 47.5 Å². The van der Waals surface area contributed by atoms with Crippen LogP contribution in [0.3, 0.4) is 0 Å². The molecule has 1 aliphatic rings. The molecule has 0 spiro atoms. The Morgan fingerprint density at radius 2 is 2.04 bits per heavy atom. The number of rotatable bonds is 3. The van der Waals surface area contributed by atoms with Crippen LogP contribution in [-0.2, 0) is 5.54 Å². The lowest BCUT2D eigenvalue weighted by Gasteiger charge is -2.17. The first-order chi connectivity index (χ1) is 10.7. The van der Waals surface area contributed by atoms with Crippen LogP contribution in [0.5, 0.6) is 0 Å². The Hall–Kier alpha value is -2.18. The molecule has 4 rings (SSSR count). The summed E-state index contributed by atoms with van der Waals surface area (Å²) in [7, 11) is 0. The zero-order valence-corrected chi connectivity index (χ0v) is 13.4. The Morgan fingerprint density at radius 1 is 1.22 bits per heavy atom. The third-order valence-electron chi connectivity index (χ3n) is 4.26. The summed E-state index contributed by atoms with van der Waals surface area (Å²) in [5, 5.41) is 4.11. The molecule has 120 valence electrons. The average molecular weight is 332 g/mol. The van der Waals surface area contributed by atoms with Crippen molar-refractivity contribution >= 4 is 12.4 Å². The van der Waals surface area contributed by atoms with Gasteiger partial charge in [0.15, 0.2) is 5.82 Å². The SMILES string of the molecule is Cl.NC1(c2noc(-c3cccc(-n4ccnc4)c3)n2)CCCC1. The minimum Gasteiger partial charge on any atom is -0.334 e. The Balaban J connectivity index is 0.00000156. The van der Waals surface area contributed by atoms with Gasteiger partial charge in [-0.1, -0.05) is 24.1 Å². The van der Waals surface area contributed by atoms with E-state index in [9.17, 15) is 0 Å². The topological polar surface area (TPSA) is 82.8 Å². The highest BCUT2D eigenvalue weighted by Crippen LogP contribution is 2.35. The summed E-state index contributed by atoms with van der Waals surface area (Å²) in [6.45, 7) is 0. The molecule has 0 unspecified atom stereocenters. The van der Waals surface area contributed by atoms with E-state index in [1.807, 2.05) is 35.0 Å². The maximum Gasteiger partial charge on any atom is 0.258 e. The van der Waals surface area contributed by atoms with Crippen LogP contribution in [0.2, 0.25) is 0 Å². The van der Waals surface area contributed by atoms with Crippen molar-refractivity contribution in [2.45, 2.75) is 31.2 Å². The highest BCUT2D eigenvalue weighted by molar-refractivity contribution is 5.85. The van der Waals surface area contributed by atoms with Gasteiger partial charge in [0.05, 0.1) is 11.9 Å². The largest absolute Gasteiger partial charge is 0.334 e. The average Bonchev–Trinajstić information content (AvgIpc) is 3.29. The van der Waals surface area contributed by atoms with Gasteiger partial charge in [-0.2, -0.15) is 4.98 Å². The summed E-state index contributed by atoms with van der Waals surface area (Å²) in [5.41, 5.74) is 7.83. The number of nitrogens with zero attached hydrogens (tertiary/aromatic N) is 4. The Bertz CT molecular complexity index is 777. The summed E-state index contributed by atoms with van der Waals surface area (Å²) in [6, 6.07) is 7.92. The Kier molecular flexibility index (Phi) is 4.19. The van der Waals surface area contributed by atoms with Crippen LogP contribution in [0, 0.1) is 0 Å². The van der Waals surface area contributed by atoms with Crippen molar-refractivity contribution in [3.63, 3.8) is 0 Å². The summed E-state index contributed by atoms with van der Waals surface area (Å²) in [6.07, 6.45) is 9.47.